The minimum Gasteiger partial charge on any atom is -0.497 e. The van der Waals surface area contributed by atoms with E-state index in [0.717, 1.165) is 30.0 Å². The van der Waals surface area contributed by atoms with E-state index in [2.05, 4.69) is 15.6 Å². The van der Waals surface area contributed by atoms with Gasteiger partial charge in [0.1, 0.15) is 11.4 Å². The summed E-state index contributed by atoms with van der Waals surface area (Å²) in [6.07, 6.45) is 2.37. The van der Waals surface area contributed by atoms with Crippen LogP contribution in [0.15, 0.2) is 60.8 Å². The molecule has 0 saturated carbocycles. The first-order chi connectivity index (χ1) is 13.5. The first-order valence-electron chi connectivity index (χ1n) is 8.64. The van der Waals surface area contributed by atoms with Gasteiger partial charge in [0.15, 0.2) is 11.6 Å². The van der Waals surface area contributed by atoms with E-state index in [-0.39, 0.29) is 11.4 Å². The second-order valence-electron chi connectivity index (χ2n) is 6.04. The molecule has 1 aromatic heterocycles. The lowest BCUT2D eigenvalue weighted by Crippen LogP contribution is -2.14. The quantitative estimate of drug-likeness (QED) is 0.639. The number of nitrogens with zero attached hydrogens (tertiary/aromatic N) is 1. The summed E-state index contributed by atoms with van der Waals surface area (Å²) in [4.78, 5) is 16.3. The van der Waals surface area contributed by atoms with Gasteiger partial charge < -0.3 is 15.4 Å². The fourth-order valence-electron chi connectivity index (χ4n) is 2.55. The molecule has 2 N–H and O–H groups in total. The molecule has 0 fully saturated rings. The van der Waals surface area contributed by atoms with Crippen molar-refractivity contribution in [2.45, 2.75) is 6.42 Å². The number of halogens is 2. The van der Waals surface area contributed by atoms with Gasteiger partial charge in [0.2, 0.25) is 0 Å². The number of aromatic nitrogens is 1. The molecule has 0 atom stereocenters. The van der Waals surface area contributed by atoms with Crippen molar-refractivity contribution in [2.75, 3.05) is 24.3 Å². The fourth-order valence-corrected chi connectivity index (χ4v) is 2.55. The van der Waals surface area contributed by atoms with Crippen LogP contribution >= 0.6 is 0 Å². The lowest BCUT2D eigenvalue weighted by atomic mass is 10.1. The van der Waals surface area contributed by atoms with Gasteiger partial charge in [-0.15, -0.1) is 0 Å². The molecule has 0 aliphatic rings. The number of anilines is 2. The third-order valence-corrected chi connectivity index (χ3v) is 4.08. The number of pyridine rings is 1. The van der Waals surface area contributed by atoms with Gasteiger partial charge >= 0.3 is 0 Å². The summed E-state index contributed by atoms with van der Waals surface area (Å²) < 4.78 is 31.3. The van der Waals surface area contributed by atoms with Crippen LogP contribution in [-0.2, 0) is 6.42 Å². The number of hydrogen-bond donors (Lipinski definition) is 2. The molecule has 0 radical (unpaired) electrons. The zero-order chi connectivity index (χ0) is 19.9. The van der Waals surface area contributed by atoms with Crippen LogP contribution in [-0.4, -0.2) is 24.5 Å². The van der Waals surface area contributed by atoms with Crippen LogP contribution in [0.1, 0.15) is 16.1 Å². The molecule has 0 saturated heterocycles. The third-order valence-electron chi connectivity index (χ3n) is 4.08. The van der Waals surface area contributed by atoms with Gasteiger partial charge in [0.05, 0.1) is 19.0 Å². The Kier molecular flexibility index (Phi) is 6.16. The predicted molar refractivity (Wildman–Crippen MR) is 104 cm³/mol. The highest BCUT2D eigenvalue weighted by Gasteiger charge is 2.09. The van der Waals surface area contributed by atoms with E-state index in [0.29, 0.717) is 6.54 Å². The van der Waals surface area contributed by atoms with Gasteiger partial charge in [0, 0.05) is 18.3 Å². The molecule has 3 rings (SSSR count). The van der Waals surface area contributed by atoms with E-state index in [1.54, 1.807) is 25.4 Å². The van der Waals surface area contributed by atoms with Gasteiger partial charge in [-0.1, -0.05) is 12.1 Å². The molecular weight excluding hydrogens is 364 g/mol. The van der Waals surface area contributed by atoms with E-state index >= 15 is 0 Å². The van der Waals surface area contributed by atoms with Crippen LogP contribution in [0.5, 0.6) is 5.75 Å². The zero-order valence-electron chi connectivity index (χ0n) is 15.2. The Labute approximate surface area is 161 Å². The van der Waals surface area contributed by atoms with Gasteiger partial charge in [-0.25, -0.2) is 13.8 Å². The largest absolute Gasteiger partial charge is 0.497 e. The van der Waals surface area contributed by atoms with Crippen LogP contribution in [0, 0.1) is 11.6 Å². The topological polar surface area (TPSA) is 63.2 Å². The van der Waals surface area contributed by atoms with Crippen molar-refractivity contribution in [3.63, 3.8) is 0 Å². The van der Waals surface area contributed by atoms with Crippen molar-refractivity contribution in [2.24, 2.45) is 0 Å². The van der Waals surface area contributed by atoms with Crippen LogP contribution < -0.4 is 15.4 Å². The molecular formula is C21H19F2N3O2. The summed E-state index contributed by atoms with van der Waals surface area (Å²) in [5, 5.41) is 5.72. The number of methoxy groups -OCH3 is 1. The van der Waals surface area contributed by atoms with Crippen molar-refractivity contribution in [3.8, 4) is 5.75 Å². The second-order valence-corrected chi connectivity index (χ2v) is 6.04. The van der Waals surface area contributed by atoms with Gasteiger partial charge in [-0.3, -0.25) is 4.79 Å². The maximum absolute atomic E-state index is 13.2. The van der Waals surface area contributed by atoms with Crippen molar-refractivity contribution >= 4 is 17.3 Å². The summed E-state index contributed by atoms with van der Waals surface area (Å²) in [5.41, 5.74) is 2.28. The van der Waals surface area contributed by atoms with Crippen molar-refractivity contribution in [3.05, 3.63) is 83.7 Å². The Bertz CT molecular complexity index is 945. The Hall–Kier alpha value is -3.48. The lowest BCUT2D eigenvalue weighted by Gasteiger charge is -2.08. The maximum atomic E-state index is 13.2. The average molecular weight is 383 g/mol. The number of ether oxygens (including phenoxy) is 1. The highest BCUT2D eigenvalue weighted by molar-refractivity contribution is 6.02. The minimum absolute atomic E-state index is 0.160. The smallest absolute Gasteiger partial charge is 0.274 e. The Balaban J connectivity index is 1.52. The summed E-state index contributed by atoms with van der Waals surface area (Å²) in [5.74, 6) is -1.68. The Morgan fingerprint density at radius 1 is 1.00 bits per heavy atom. The molecule has 1 heterocycles. The number of carbonyl (C=O) groups excluding carboxylic acids is 1. The molecule has 0 aliphatic carbocycles. The fraction of sp³-hybridized carbons (Fsp3) is 0.143. The third kappa shape index (κ3) is 5.03. The van der Waals surface area contributed by atoms with Crippen LogP contribution in [0.25, 0.3) is 0 Å². The summed E-state index contributed by atoms with van der Waals surface area (Å²) >= 11 is 0. The number of carbonyl (C=O) groups is 1. The highest BCUT2D eigenvalue weighted by atomic mass is 19.2. The van der Waals surface area contributed by atoms with Crippen LogP contribution in [0.3, 0.4) is 0 Å². The Morgan fingerprint density at radius 3 is 2.39 bits per heavy atom. The average Bonchev–Trinajstić information content (AvgIpc) is 2.72. The first kappa shape index (κ1) is 19.3. The molecule has 0 unspecified atom stereocenters. The summed E-state index contributed by atoms with van der Waals surface area (Å²) in [6, 6.07) is 14.3. The number of rotatable bonds is 7. The molecule has 0 bridgehead atoms. The molecule has 7 heteroatoms. The van der Waals surface area contributed by atoms with Gasteiger partial charge in [-0.2, -0.15) is 0 Å². The summed E-state index contributed by atoms with van der Waals surface area (Å²) in [6.45, 7) is 0.703. The van der Waals surface area contributed by atoms with E-state index in [1.165, 1.54) is 11.6 Å². The molecule has 3 aromatic rings. The van der Waals surface area contributed by atoms with Crippen LogP contribution in [0.4, 0.5) is 20.2 Å². The SMILES string of the molecule is COc1ccc(CCNc2ccc(C(=O)Nc3ccc(F)c(F)c3)nc2)cc1. The number of nitrogens with one attached hydrogen (secondary N) is 2. The monoisotopic (exact) mass is 383 g/mol. The standard InChI is InChI=1S/C21H19F2N3O2/c1-28-17-6-2-14(3-7-17)10-11-24-16-5-9-20(25-13-16)21(27)26-15-4-8-18(22)19(23)12-15/h2-9,12-13,24H,10-11H2,1H3,(H,26,27). The molecule has 2 aromatic carbocycles. The maximum Gasteiger partial charge on any atom is 0.274 e. The molecule has 1 amide bonds. The van der Waals surface area contributed by atoms with E-state index in [4.69, 9.17) is 4.74 Å². The minimum atomic E-state index is -1.03. The van der Waals surface area contributed by atoms with E-state index in [1.807, 2.05) is 24.3 Å². The van der Waals surface area contributed by atoms with Crippen molar-refractivity contribution < 1.29 is 18.3 Å². The van der Waals surface area contributed by atoms with Crippen LogP contribution in [0.2, 0.25) is 0 Å². The highest BCUT2D eigenvalue weighted by Crippen LogP contribution is 2.15. The van der Waals surface area contributed by atoms with Crippen molar-refractivity contribution in [1.82, 2.24) is 4.98 Å². The zero-order valence-corrected chi connectivity index (χ0v) is 15.2. The number of amides is 1. The molecule has 0 spiro atoms. The van der Waals surface area contributed by atoms with E-state index in [9.17, 15) is 13.6 Å². The first-order valence-corrected chi connectivity index (χ1v) is 8.64. The number of hydrogen-bond acceptors (Lipinski definition) is 4. The van der Waals surface area contributed by atoms with Gasteiger partial charge in [0.25, 0.3) is 5.91 Å². The predicted octanol–water partition coefficient (Wildman–Crippen LogP) is 4.28. The molecule has 28 heavy (non-hydrogen) atoms. The molecule has 5 nitrogen and oxygen atoms in total. The lowest BCUT2D eigenvalue weighted by molar-refractivity contribution is 0.102. The number of benzene rings is 2. The molecule has 144 valence electrons. The van der Waals surface area contributed by atoms with Gasteiger partial charge in [-0.05, 0) is 48.4 Å². The normalized spacial score (nSPS) is 10.4. The molecule has 0 aliphatic heterocycles. The Morgan fingerprint density at radius 2 is 1.75 bits per heavy atom. The summed E-state index contributed by atoms with van der Waals surface area (Å²) in [7, 11) is 1.63. The van der Waals surface area contributed by atoms with Crippen molar-refractivity contribution in [1.29, 1.82) is 0 Å². The van der Waals surface area contributed by atoms with E-state index < -0.39 is 17.5 Å². The second kappa shape index (κ2) is 8.94.